The SMILES string of the molecule is OCCCCCCCCC/C=C/C(F)(F)C(F)(F)C(F)(F)C(F)(F)C(F)(F)C(F)(F)F. The molecule has 0 fully saturated rings. The Morgan fingerprint density at radius 1 is 0.484 bits per heavy atom. The summed E-state index contributed by atoms with van der Waals surface area (Å²) in [5.74, 6) is -36.7. The van der Waals surface area contributed by atoms with Crippen LogP contribution in [0.3, 0.4) is 0 Å². The summed E-state index contributed by atoms with van der Waals surface area (Å²) in [5, 5.41) is 8.56. The minimum atomic E-state index is -7.87. The predicted molar refractivity (Wildman–Crippen MR) is 84.0 cm³/mol. The molecule has 14 heteroatoms. The molecule has 0 rings (SSSR count). The third-order valence-electron chi connectivity index (χ3n) is 4.31. The molecule has 0 amide bonds. The van der Waals surface area contributed by atoms with Gasteiger partial charge in [-0.3, -0.25) is 0 Å². The van der Waals surface area contributed by atoms with E-state index in [4.69, 9.17) is 5.11 Å². The average Bonchev–Trinajstić information content (AvgIpc) is 2.61. The molecular weight excluding hydrogens is 467 g/mol. The molecule has 0 aromatic rings. The van der Waals surface area contributed by atoms with Crippen molar-refractivity contribution in [2.75, 3.05) is 6.61 Å². The van der Waals surface area contributed by atoms with Crippen LogP contribution in [0.1, 0.15) is 51.4 Å². The van der Waals surface area contributed by atoms with E-state index in [2.05, 4.69) is 0 Å². The highest BCUT2D eigenvalue weighted by atomic mass is 19.4. The van der Waals surface area contributed by atoms with Crippen LogP contribution in [-0.2, 0) is 0 Å². The monoisotopic (exact) mass is 488 g/mol. The van der Waals surface area contributed by atoms with Gasteiger partial charge in [-0.1, -0.05) is 38.2 Å². The lowest BCUT2D eigenvalue weighted by molar-refractivity contribution is -0.436. The van der Waals surface area contributed by atoms with Gasteiger partial charge in [0.05, 0.1) is 0 Å². The van der Waals surface area contributed by atoms with Gasteiger partial charge >= 0.3 is 35.8 Å². The van der Waals surface area contributed by atoms with Crippen LogP contribution in [0.5, 0.6) is 0 Å². The fraction of sp³-hybridized carbons (Fsp3) is 0.882. The van der Waals surface area contributed by atoms with Gasteiger partial charge in [0.15, 0.2) is 0 Å². The van der Waals surface area contributed by atoms with Crippen LogP contribution in [0, 0.1) is 0 Å². The Bertz CT molecular complexity index is 567. The lowest BCUT2D eigenvalue weighted by atomic mass is 9.93. The third kappa shape index (κ3) is 6.41. The van der Waals surface area contributed by atoms with Crippen molar-refractivity contribution in [3.63, 3.8) is 0 Å². The molecule has 0 aromatic heterocycles. The maximum Gasteiger partial charge on any atom is 0.460 e. The van der Waals surface area contributed by atoms with Gasteiger partial charge in [0.2, 0.25) is 0 Å². The van der Waals surface area contributed by atoms with E-state index in [-0.39, 0.29) is 25.5 Å². The Kier molecular flexibility index (Phi) is 10.2. The zero-order valence-electron chi connectivity index (χ0n) is 15.9. The molecule has 0 aliphatic heterocycles. The van der Waals surface area contributed by atoms with E-state index in [9.17, 15) is 57.1 Å². The predicted octanol–water partition coefficient (Wildman–Crippen LogP) is 7.39. The fourth-order valence-corrected chi connectivity index (χ4v) is 2.38. The number of allylic oxidation sites excluding steroid dienone is 2. The highest BCUT2D eigenvalue weighted by Crippen LogP contribution is 2.60. The van der Waals surface area contributed by atoms with Crippen LogP contribution in [-0.4, -0.2) is 47.5 Å². The molecule has 0 unspecified atom stereocenters. The number of rotatable bonds is 14. The van der Waals surface area contributed by atoms with Crippen molar-refractivity contribution >= 4 is 0 Å². The number of aliphatic hydroxyl groups excluding tert-OH is 1. The van der Waals surface area contributed by atoms with Crippen molar-refractivity contribution in [2.45, 2.75) is 87.2 Å². The molecule has 0 aromatic carbocycles. The van der Waals surface area contributed by atoms with E-state index in [1.807, 2.05) is 0 Å². The van der Waals surface area contributed by atoms with E-state index in [1.54, 1.807) is 0 Å². The molecule has 0 saturated heterocycles. The molecule has 0 aliphatic rings. The summed E-state index contributed by atoms with van der Waals surface area (Å²) in [6, 6.07) is 0. The van der Waals surface area contributed by atoms with Gasteiger partial charge in [0, 0.05) is 6.61 Å². The molecular formula is C17H21F13O. The number of halogens is 13. The van der Waals surface area contributed by atoms with Crippen molar-refractivity contribution in [1.82, 2.24) is 0 Å². The van der Waals surface area contributed by atoms with E-state index in [0.717, 1.165) is 12.8 Å². The van der Waals surface area contributed by atoms with Crippen LogP contribution < -0.4 is 0 Å². The van der Waals surface area contributed by atoms with Gasteiger partial charge < -0.3 is 5.11 Å². The number of aliphatic hydroxyl groups is 1. The summed E-state index contributed by atoms with van der Waals surface area (Å²) in [6.45, 7) is 0.0163. The molecule has 0 radical (unpaired) electrons. The Hall–Kier alpha value is -1.21. The first-order valence-electron chi connectivity index (χ1n) is 9.05. The maximum atomic E-state index is 13.5. The van der Waals surface area contributed by atoms with Gasteiger partial charge in [0.25, 0.3) is 0 Å². The second kappa shape index (κ2) is 10.6. The summed E-state index contributed by atoms with van der Waals surface area (Å²) >= 11 is 0. The molecule has 31 heavy (non-hydrogen) atoms. The minimum absolute atomic E-state index is 0.0163. The Labute approximate surface area is 169 Å². The second-order valence-electron chi connectivity index (χ2n) is 6.81. The van der Waals surface area contributed by atoms with Crippen LogP contribution in [0.4, 0.5) is 57.1 Å². The molecule has 0 heterocycles. The molecule has 0 aliphatic carbocycles. The van der Waals surface area contributed by atoms with Crippen molar-refractivity contribution in [3.05, 3.63) is 12.2 Å². The average molecular weight is 488 g/mol. The lowest BCUT2D eigenvalue weighted by Crippen LogP contribution is -2.69. The van der Waals surface area contributed by atoms with Gasteiger partial charge in [-0.05, 0) is 25.3 Å². The van der Waals surface area contributed by atoms with E-state index in [0.29, 0.717) is 25.7 Å². The molecule has 0 spiro atoms. The summed E-state index contributed by atoms with van der Waals surface area (Å²) in [4.78, 5) is 0. The highest BCUT2D eigenvalue weighted by molar-refractivity contribution is 5.15. The first-order valence-corrected chi connectivity index (χ1v) is 9.05. The van der Waals surface area contributed by atoms with Crippen LogP contribution in [0.2, 0.25) is 0 Å². The van der Waals surface area contributed by atoms with Crippen molar-refractivity contribution in [3.8, 4) is 0 Å². The Balaban J connectivity index is 5.15. The Morgan fingerprint density at radius 3 is 1.29 bits per heavy atom. The fourth-order valence-electron chi connectivity index (χ4n) is 2.38. The Morgan fingerprint density at radius 2 is 0.871 bits per heavy atom. The summed E-state index contributed by atoms with van der Waals surface area (Å²) in [6.07, 6.45) is -4.59. The number of unbranched alkanes of at least 4 members (excludes halogenated alkanes) is 7. The van der Waals surface area contributed by atoms with Gasteiger partial charge in [0.1, 0.15) is 0 Å². The van der Waals surface area contributed by atoms with Crippen molar-refractivity contribution < 1.29 is 62.2 Å². The van der Waals surface area contributed by atoms with Crippen LogP contribution in [0.15, 0.2) is 12.2 Å². The number of hydrogen-bond acceptors (Lipinski definition) is 1. The first-order chi connectivity index (χ1) is 13.8. The summed E-state index contributed by atoms with van der Waals surface area (Å²) in [5.41, 5.74) is 0. The van der Waals surface area contributed by atoms with Crippen LogP contribution in [0.25, 0.3) is 0 Å². The third-order valence-corrected chi connectivity index (χ3v) is 4.31. The zero-order chi connectivity index (χ0) is 24.8. The second-order valence-corrected chi connectivity index (χ2v) is 6.81. The van der Waals surface area contributed by atoms with Gasteiger partial charge in [-0.15, -0.1) is 0 Å². The van der Waals surface area contributed by atoms with Crippen LogP contribution >= 0.6 is 0 Å². The quantitative estimate of drug-likeness (QED) is 0.154. The summed E-state index contributed by atoms with van der Waals surface area (Å²) in [7, 11) is 0. The van der Waals surface area contributed by atoms with Gasteiger partial charge in [-0.2, -0.15) is 57.1 Å². The van der Waals surface area contributed by atoms with Crippen molar-refractivity contribution in [2.24, 2.45) is 0 Å². The number of hydrogen-bond donors (Lipinski definition) is 1. The topological polar surface area (TPSA) is 20.2 Å². The lowest BCUT2D eigenvalue weighted by Gasteiger charge is -2.39. The number of alkyl halides is 13. The molecule has 186 valence electrons. The smallest absolute Gasteiger partial charge is 0.396 e. The highest BCUT2D eigenvalue weighted by Gasteiger charge is 2.90. The van der Waals surface area contributed by atoms with E-state index >= 15 is 0 Å². The largest absolute Gasteiger partial charge is 0.460 e. The molecule has 1 N–H and O–H groups in total. The normalized spacial score (nSPS) is 15.2. The first kappa shape index (κ1) is 29.8. The van der Waals surface area contributed by atoms with E-state index < -0.39 is 41.9 Å². The van der Waals surface area contributed by atoms with Crippen molar-refractivity contribution in [1.29, 1.82) is 0 Å². The van der Waals surface area contributed by atoms with Gasteiger partial charge in [-0.25, -0.2) is 0 Å². The zero-order valence-corrected chi connectivity index (χ0v) is 15.9. The maximum absolute atomic E-state index is 13.5. The molecule has 0 bridgehead atoms. The summed E-state index contributed by atoms with van der Waals surface area (Å²) < 4.78 is 168. The van der Waals surface area contributed by atoms with E-state index in [1.165, 1.54) is 0 Å². The standard InChI is InChI=1S/C17H21F13O/c18-12(19,10-8-6-4-2-1-3-5-7-9-11-31)13(20,21)14(22,23)15(24,25)16(26,27)17(28,29)30/h8,10,31H,1-7,9,11H2/b10-8+. The molecule has 1 nitrogen and oxygen atoms in total. The minimum Gasteiger partial charge on any atom is -0.396 e. The molecule has 0 saturated carbocycles. The molecule has 0 atom stereocenters.